The highest BCUT2D eigenvalue weighted by atomic mass is 35.5. The van der Waals surface area contributed by atoms with E-state index in [1.54, 1.807) is 11.3 Å². The first-order valence-corrected chi connectivity index (χ1v) is 9.80. The highest BCUT2D eigenvalue weighted by molar-refractivity contribution is 7.10. The predicted molar refractivity (Wildman–Crippen MR) is 103 cm³/mol. The molecule has 0 aliphatic carbocycles. The first-order chi connectivity index (χ1) is 11.6. The van der Waals surface area contributed by atoms with Crippen molar-refractivity contribution in [3.05, 3.63) is 21.4 Å². The second-order valence-electron chi connectivity index (χ2n) is 6.82. The molecule has 1 aromatic rings. The van der Waals surface area contributed by atoms with Gasteiger partial charge in [0, 0.05) is 48.9 Å². The molecule has 2 aliphatic rings. The minimum absolute atomic E-state index is 0. The zero-order valence-electron chi connectivity index (χ0n) is 15.0. The number of piperidine rings is 2. The largest absolute Gasteiger partial charge is 0.338 e. The summed E-state index contributed by atoms with van der Waals surface area (Å²) in [6, 6.07) is 0.258. The summed E-state index contributed by atoms with van der Waals surface area (Å²) in [7, 11) is 0. The van der Waals surface area contributed by atoms with E-state index in [4.69, 9.17) is 5.73 Å². The Morgan fingerprint density at radius 2 is 2.16 bits per heavy atom. The Morgan fingerprint density at radius 3 is 2.84 bits per heavy atom. The molecule has 3 heterocycles. The fourth-order valence-corrected chi connectivity index (χ4v) is 5.17. The summed E-state index contributed by atoms with van der Waals surface area (Å²) in [6.07, 6.45) is 3.24. The highest BCUT2D eigenvalue weighted by Gasteiger charge is 2.40. The zero-order chi connectivity index (χ0) is 17.3. The van der Waals surface area contributed by atoms with Crippen LogP contribution in [0.1, 0.15) is 47.0 Å². The number of likely N-dealkylation sites (tertiary alicyclic amines) is 2. The molecule has 2 fully saturated rings. The lowest BCUT2D eigenvalue weighted by Gasteiger charge is -2.47. The predicted octanol–water partition coefficient (Wildman–Crippen LogP) is 2.45. The number of nitrogens with zero attached hydrogens (tertiary/aromatic N) is 2. The maximum absolute atomic E-state index is 13.0. The summed E-state index contributed by atoms with van der Waals surface area (Å²) in [5.74, 6) is 0.775. The molecular weight excluding hydrogens is 358 g/mol. The van der Waals surface area contributed by atoms with Gasteiger partial charge < -0.3 is 15.5 Å². The number of thiophene rings is 1. The van der Waals surface area contributed by atoms with Crippen molar-refractivity contribution in [2.45, 2.75) is 45.6 Å². The molecule has 0 saturated carbocycles. The number of carbonyl (C=O) groups is 2. The number of nitrogens with two attached hydrogens (primary N) is 1. The molecule has 1 aromatic heterocycles. The fraction of sp³-hybridized carbons (Fsp3) is 0.667. The van der Waals surface area contributed by atoms with E-state index in [1.807, 2.05) is 15.2 Å². The Hall–Kier alpha value is -1.11. The van der Waals surface area contributed by atoms with Gasteiger partial charge in [-0.1, -0.05) is 6.92 Å². The first kappa shape index (κ1) is 20.2. The third kappa shape index (κ3) is 3.86. The Balaban J connectivity index is 0.00000225. The molecule has 5 nitrogen and oxygen atoms in total. The van der Waals surface area contributed by atoms with Crippen LogP contribution in [0.3, 0.4) is 0 Å². The van der Waals surface area contributed by atoms with Crippen LogP contribution in [0.2, 0.25) is 0 Å². The number of amides is 2. The maximum atomic E-state index is 13.0. The van der Waals surface area contributed by atoms with Crippen molar-refractivity contribution >= 4 is 35.6 Å². The summed E-state index contributed by atoms with van der Waals surface area (Å²) >= 11 is 1.66. The van der Waals surface area contributed by atoms with Gasteiger partial charge in [0.05, 0.1) is 5.56 Å². The molecule has 2 atom stereocenters. The summed E-state index contributed by atoms with van der Waals surface area (Å²) in [4.78, 5) is 30.3. The van der Waals surface area contributed by atoms with E-state index in [9.17, 15) is 9.59 Å². The second kappa shape index (κ2) is 8.52. The lowest BCUT2D eigenvalue weighted by molar-refractivity contribution is -0.140. The van der Waals surface area contributed by atoms with E-state index in [1.165, 1.54) is 10.4 Å². The molecule has 2 saturated heterocycles. The van der Waals surface area contributed by atoms with E-state index in [-0.39, 0.29) is 30.3 Å². The van der Waals surface area contributed by atoms with Gasteiger partial charge in [0.15, 0.2) is 0 Å². The number of hydrogen-bond donors (Lipinski definition) is 1. The molecule has 0 unspecified atom stereocenters. The summed E-state index contributed by atoms with van der Waals surface area (Å²) in [5.41, 5.74) is 7.74. The van der Waals surface area contributed by atoms with Crippen molar-refractivity contribution < 1.29 is 9.59 Å². The molecule has 2 amide bonds. The molecule has 0 radical (unpaired) electrons. The number of aryl methyl sites for hydroxylation is 1. The number of rotatable bonds is 4. The van der Waals surface area contributed by atoms with Gasteiger partial charge in [-0.2, -0.15) is 0 Å². The molecule has 140 valence electrons. The Morgan fingerprint density at radius 1 is 1.40 bits per heavy atom. The summed E-state index contributed by atoms with van der Waals surface area (Å²) in [5, 5.41) is 2.01. The highest BCUT2D eigenvalue weighted by Crippen LogP contribution is 2.32. The maximum Gasteiger partial charge on any atom is 0.254 e. The second-order valence-corrected chi connectivity index (χ2v) is 7.90. The molecule has 25 heavy (non-hydrogen) atoms. The van der Waals surface area contributed by atoms with Gasteiger partial charge in [0.2, 0.25) is 5.91 Å². The standard InChI is InChI=1S/C18H27N3O2S.ClH/c1-3-14-12(2)24-11-15(14)18(23)20-8-6-16-13(10-20)4-5-17(22)21(16)9-7-19;/h11,13,16H,3-10,19H2,1-2H3;1H/t13-,16+;/m0./s1. The Kier molecular flexibility index (Phi) is 6.88. The van der Waals surface area contributed by atoms with Crippen molar-refractivity contribution in [3.8, 4) is 0 Å². The number of hydrogen-bond acceptors (Lipinski definition) is 4. The Labute approximate surface area is 160 Å². The van der Waals surface area contributed by atoms with Gasteiger partial charge in [0.25, 0.3) is 5.91 Å². The average molecular weight is 386 g/mol. The van der Waals surface area contributed by atoms with Crippen LogP contribution in [0, 0.1) is 12.8 Å². The average Bonchev–Trinajstić information content (AvgIpc) is 2.97. The third-order valence-corrected chi connectivity index (χ3v) is 6.44. The molecule has 3 rings (SSSR count). The van der Waals surface area contributed by atoms with Gasteiger partial charge in [-0.05, 0) is 37.7 Å². The lowest BCUT2D eigenvalue weighted by atomic mass is 9.83. The SMILES string of the molecule is CCc1c(C(=O)N2CC[C@@H]3[C@@H](CCC(=O)N3CCN)C2)csc1C.Cl. The van der Waals surface area contributed by atoms with Crippen LogP contribution in [-0.4, -0.2) is 53.8 Å². The molecular formula is C18H28ClN3O2S. The fourth-order valence-electron chi connectivity index (χ4n) is 4.23. The van der Waals surface area contributed by atoms with Gasteiger partial charge in [-0.25, -0.2) is 0 Å². The van der Waals surface area contributed by atoms with E-state index in [0.29, 0.717) is 25.4 Å². The van der Waals surface area contributed by atoms with Crippen LogP contribution in [0.4, 0.5) is 0 Å². The van der Waals surface area contributed by atoms with Gasteiger partial charge >= 0.3 is 0 Å². The van der Waals surface area contributed by atoms with Crippen molar-refractivity contribution in [2.75, 3.05) is 26.2 Å². The van der Waals surface area contributed by atoms with Crippen LogP contribution < -0.4 is 5.73 Å². The topological polar surface area (TPSA) is 66.6 Å². The van der Waals surface area contributed by atoms with Gasteiger partial charge in [-0.3, -0.25) is 9.59 Å². The normalized spacial score (nSPS) is 23.2. The molecule has 2 aliphatic heterocycles. The molecule has 0 aromatic carbocycles. The Bertz CT molecular complexity index is 634. The zero-order valence-corrected chi connectivity index (χ0v) is 16.6. The van der Waals surface area contributed by atoms with Gasteiger partial charge in [0.1, 0.15) is 0 Å². The van der Waals surface area contributed by atoms with Crippen molar-refractivity contribution in [2.24, 2.45) is 11.7 Å². The first-order valence-electron chi connectivity index (χ1n) is 8.92. The van der Waals surface area contributed by atoms with Gasteiger partial charge in [-0.15, -0.1) is 23.7 Å². The minimum Gasteiger partial charge on any atom is -0.338 e. The van der Waals surface area contributed by atoms with Crippen molar-refractivity contribution in [1.82, 2.24) is 9.80 Å². The van der Waals surface area contributed by atoms with Crippen LogP contribution >= 0.6 is 23.7 Å². The monoisotopic (exact) mass is 385 g/mol. The summed E-state index contributed by atoms with van der Waals surface area (Å²) in [6.45, 7) is 6.82. The van der Waals surface area contributed by atoms with E-state index in [2.05, 4.69) is 13.8 Å². The smallest absolute Gasteiger partial charge is 0.254 e. The lowest BCUT2D eigenvalue weighted by Crippen LogP contribution is -2.57. The quantitative estimate of drug-likeness (QED) is 0.865. The molecule has 2 N–H and O–H groups in total. The van der Waals surface area contributed by atoms with E-state index >= 15 is 0 Å². The van der Waals surface area contributed by atoms with E-state index in [0.717, 1.165) is 37.9 Å². The number of halogens is 1. The minimum atomic E-state index is 0. The van der Waals surface area contributed by atoms with Crippen LogP contribution in [-0.2, 0) is 11.2 Å². The molecule has 0 bridgehead atoms. The van der Waals surface area contributed by atoms with Crippen LogP contribution in [0.5, 0.6) is 0 Å². The van der Waals surface area contributed by atoms with Crippen molar-refractivity contribution in [3.63, 3.8) is 0 Å². The molecule has 7 heteroatoms. The third-order valence-electron chi connectivity index (χ3n) is 5.49. The van der Waals surface area contributed by atoms with E-state index < -0.39 is 0 Å². The number of carbonyl (C=O) groups excluding carboxylic acids is 2. The van der Waals surface area contributed by atoms with Crippen LogP contribution in [0.15, 0.2) is 5.38 Å². The van der Waals surface area contributed by atoms with Crippen LogP contribution in [0.25, 0.3) is 0 Å². The number of fused-ring (bicyclic) bond motifs is 1. The molecule has 0 spiro atoms. The summed E-state index contributed by atoms with van der Waals surface area (Å²) < 4.78 is 0. The van der Waals surface area contributed by atoms with Crippen molar-refractivity contribution in [1.29, 1.82) is 0 Å².